The first-order chi connectivity index (χ1) is 13.1. The molecule has 0 fully saturated rings. The second-order valence-electron chi connectivity index (χ2n) is 6.48. The summed E-state index contributed by atoms with van der Waals surface area (Å²) >= 11 is 4.98. The Morgan fingerprint density at radius 3 is 2.89 bits per heavy atom. The molecule has 0 radical (unpaired) electrons. The lowest BCUT2D eigenvalue weighted by molar-refractivity contribution is -0.127. The number of carbonyl (C=O) groups is 1. The van der Waals surface area contributed by atoms with Crippen LogP contribution in [0.3, 0.4) is 0 Å². The SMILES string of the molecule is CN(Cc1ccccc1Br)C(=O)CSC1=Nc2ccccc2C2CC=NN12. The van der Waals surface area contributed by atoms with E-state index in [2.05, 4.69) is 27.1 Å². The van der Waals surface area contributed by atoms with Crippen molar-refractivity contribution in [3.8, 4) is 0 Å². The fourth-order valence-electron chi connectivity index (χ4n) is 3.19. The van der Waals surface area contributed by atoms with Crippen molar-refractivity contribution in [2.24, 2.45) is 10.1 Å². The third-order valence-electron chi connectivity index (χ3n) is 4.65. The Hall–Kier alpha value is -2.12. The molecule has 2 aliphatic rings. The van der Waals surface area contributed by atoms with Crippen molar-refractivity contribution in [2.75, 3.05) is 12.8 Å². The number of halogens is 1. The summed E-state index contributed by atoms with van der Waals surface area (Å²) in [5, 5.41) is 7.19. The summed E-state index contributed by atoms with van der Waals surface area (Å²) < 4.78 is 1.01. The number of hydrogen-bond acceptors (Lipinski definition) is 5. The highest BCUT2D eigenvalue weighted by Gasteiger charge is 2.32. The lowest BCUT2D eigenvalue weighted by Crippen LogP contribution is -2.31. The van der Waals surface area contributed by atoms with Crippen molar-refractivity contribution in [2.45, 2.75) is 19.0 Å². The molecular formula is C20H19BrN4OS. The van der Waals surface area contributed by atoms with Gasteiger partial charge in [-0.15, -0.1) is 0 Å². The van der Waals surface area contributed by atoms with Gasteiger partial charge in [0.1, 0.15) is 0 Å². The van der Waals surface area contributed by atoms with E-state index in [0.29, 0.717) is 12.3 Å². The van der Waals surface area contributed by atoms with Crippen LogP contribution < -0.4 is 0 Å². The molecule has 2 aromatic rings. The zero-order valence-electron chi connectivity index (χ0n) is 14.9. The molecule has 0 aromatic heterocycles. The van der Waals surface area contributed by atoms with Crippen LogP contribution in [0, 0.1) is 0 Å². The van der Waals surface area contributed by atoms with Crippen molar-refractivity contribution in [1.82, 2.24) is 9.91 Å². The van der Waals surface area contributed by atoms with Crippen molar-refractivity contribution in [1.29, 1.82) is 0 Å². The number of rotatable bonds is 4. The molecule has 2 heterocycles. The minimum absolute atomic E-state index is 0.0667. The summed E-state index contributed by atoms with van der Waals surface area (Å²) in [7, 11) is 1.83. The van der Waals surface area contributed by atoms with Gasteiger partial charge in [0.25, 0.3) is 0 Å². The van der Waals surface area contributed by atoms with Crippen LogP contribution in [0.2, 0.25) is 0 Å². The number of thioether (sulfide) groups is 1. The number of carbonyl (C=O) groups excluding carboxylic acids is 1. The third kappa shape index (κ3) is 3.80. The number of benzene rings is 2. The molecule has 7 heteroatoms. The van der Waals surface area contributed by atoms with Crippen LogP contribution in [0.5, 0.6) is 0 Å². The van der Waals surface area contributed by atoms with E-state index >= 15 is 0 Å². The molecule has 2 aromatic carbocycles. The average Bonchev–Trinajstić information content (AvgIpc) is 3.18. The Kier molecular flexibility index (Phi) is 5.31. The number of fused-ring (bicyclic) bond motifs is 3. The van der Waals surface area contributed by atoms with E-state index in [4.69, 9.17) is 4.99 Å². The molecule has 138 valence electrons. The summed E-state index contributed by atoms with van der Waals surface area (Å²) in [6.45, 7) is 0.570. The van der Waals surface area contributed by atoms with E-state index in [1.807, 2.05) is 60.7 Å². The van der Waals surface area contributed by atoms with Crippen LogP contribution in [0.15, 0.2) is 63.1 Å². The van der Waals surface area contributed by atoms with Crippen LogP contribution in [0.1, 0.15) is 23.6 Å². The van der Waals surface area contributed by atoms with Crippen LogP contribution in [0.25, 0.3) is 0 Å². The number of amides is 1. The topological polar surface area (TPSA) is 48.3 Å². The summed E-state index contributed by atoms with van der Waals surface area (Å²) in [4.78, 5) is 19.1. The molecule has 0 bridgehead atoms. The number of nitrogens with zero attached hydrogens (tertiary/aromatic N) is 4. The van der Waals surface area contributed by atoms with Gasteiger partial charge in [0.05, 0.1) is 17.5 Å². The van der Waals surface area contributed by atoms with Crippen molar-refractivity contribution in [3.05, 3.63) is 64.1 Å². The number of hydrazone groups is 1. The van der Waals surface area contributed by atoms with Gasteiger partial charge < -0.3 is 4.90 Å². The minimum atomic E-state index is 0.0667. The fourth-order valence-corrected chi connectivity index (χ4v) is 4.54. The average molecular weight is 443 g/mol. The summed E-state index contributed by atoms with van der Waals surface area (Å²) in [6, 6.07) is 16.3. The quantitative estimate of drug-likeness (QED) is 0.696. The van der Waals surface area contributed by atoms with Gasteiger partial charge >= 0.3 is 0 Å². The first-order valence-corrected chi connectivity index (χ1v) is 10.5. The molecule has 0 saturated heterocycles. The highest BCUT2D eigenvalue weighted by Crippen LogP contribution is 2.40. The maximum atomic E-state index is 12.6. The standard InChI is InChI=1S/C20H19BrN4OS/c1-24(12-14-6-2-4-8-16(14)21)19(26)13-27-20-23-17-9-5-3-7-15(17)18-10-11-22-25(18)20/h2-9,11,18H,10,12-13H2,1H3. The molecule has 2 aliphatic heterocycles. The lowest BCUT2D eigenvalue weighted by atomic mass is 10.0. The Labute approximate surface area is 171 Å². The van der Waals surface area contributed by atoms with Gasteiger partial charge in [-0.05, 0) is 17.7 Å². The van der Waals surface area contributed by atoms with Gasteiger partial charge in [0.2, 0.25) is 5.91 Å². The van der Waals surface area contributed by atoms with E-state index < -0.39 is 0 Å². The Bertz CT molecular complexity index is 930. The molecule has 4 rings (SSSR count). The van der Waals surface area contributed by atoms with Gasteiger partial charge in [0, 0.05) is 36.3 Å². The maximum Gasteiger partial charge on any atom is 0.233 e. The highest BCUT2D eigenvalue weighted by atomic mass is 79.9. The van der Waals surface area contributed by atoms with Gasteiger partial charge in [0.15, 0.2) is 5.17 Å². The second kappa shape index (κ2) is 7.86. The molecule has 0 N–H and O–H groups in total. The molecule has 1 unspecified atom stereocenters. The number of para-hydroxylation sites is 1. The van der Waals surface area contributed by atoms with Crippen molar-refractivity contribution < 1.29 is 4.79 Å². The zero-order valence-corrected chi connectivity index (χ0v) is 17.3. The lowest BCUT2D eigenvalue weighted by Gasteiger charge is -2.30. The molecule has 27 heavy (non-hydrogen) atoms. The van der Waals surface area contributed by atoms with Crippen LogP contribution in [-0.4, -0.2) is 40.0 Å². The molecule has 0 spiro atoms. The third-order valence-corrected chi connectivity index (χ3v) is 6.36. The molecule has 0 aliphatic carbocycles. The molecule has 1 amide bonds. The van der Waals surface area contributed by atoms with Crippen LogP contribution in [-0.2, 0) is 11.3 Å². The van der Waals surface area contributed by atoms with E-state index in [1.54, 1.807) is 4.90 Å². The van der Waals surface area contributed by atoms with E-state index in [-0.39, 0.29) is 11.9 Å². The molecule has 5 nitrogen and oxygen atoms in total. The normalized spacial score (nSPS) is 17.3. The second-order valence-corrected chi connectivity index (χ2v) is 8.27. The monoisotopic (exact) mass is 442 g/mol. The smallest absolute Gasteiger partial charge is 0.233 e. The minimum Gasteiger partial charge on any atom is -0.341 e. The Morgan fingerprint density at radius 1 is 1.26 bits per heavy atom. The fraction of sp³-hybridized carbons (Fsp3) is 0.250. The van der Waals surface area contributed by atoms with E-state index in [1.165, 1.54) is 17.3 Å². The Balaban J connectivity index is 1.43. The predicted molar refractivity (Wildman–Crippen MR) is 114 cm³/mol. The number of hydrogen-bond donors (Lipinski definition) is 0. The van der Waals surface area contributed by atoms with Crippen molar-refractivity contribution >= 4 is 50.7 Å². The van der Waals surface area contributed by atoms with E-state index in [0.717, 1.165) is 27.3 Å². The van der Waals surface area contributed by atoms with Crippen LogP contribution in [0.4, 0.5) is 5.69 Å². The van der Waals surface area contributed by atoms with Crippen molar-refractivity contribution in [3.63, 3.8) is 0 Å². The molecular weight excluding hydrogens is 424 g/mol. The molecule has 1 atom stereocenters. The molecule has 0 saturated carbocycles. The highest BCUT2D eigenvalue weighted by molar-refractivity contribution is 9.10. The number of aliphatic imine (C=N–C) groups is 1. The van der Waals surface area contributed by atoms with Gasteiger partial charge in [-0.1, -0.05) is 64.1 Å². The summed E-state index contributed by atoms with van der Waals surface area (Å²) in [5.74, 6) is 0.401. The Morgan fingerprint density at radius 2 is 2.04 bits per heavy atom. The first kappa shape index (κ1) is 18.3. The zero-order chi connectivity index (χ0) is 18.8. The number of amidine groups is 1. The predicted octanol–water partition coefficient (Wildman–Crippen LogP) is 4.57. The maximum absolute atomic E-state index is 12.6. The summed E-state index contributed by atoms with van der Waals surface area (Å²) in [5.41, 5.74) is 3.25. The van der Waals surface area contributed by atoms with Gasteiger partial charge in [-0.3, -0.25) is 4.79 Å². The largest absolute Gasteiger partial charge is 0.341 e. The first-order valence-electron chi connectivity index (χ1n) is 8.73. The van der Waals surface area contributed by atoms with Gasteiger partial charge in [-0.2, -0.15) is 5.10 Å². The summed E-state index contributed by atoms with van der Waals surface area (Å²) in [6.07, 6.45) is 2.79. The van der Waals surface area contributed by atoms with E-state index in [9.17, 15) is 4.79 Å². The van der Waals surface area contributed by atoms with Gasteiger partial charge in [-0.25, -0.2) is 10.0 Å². The van der Waals surface area contributed by atoms with Crippen LogP contribution >= 0.6 is 27.7 Å².